The van der Waals surface area contributed by atoms with Crippen LogP contribution in [0.4, 0.5) is 13.2 Å². The summed E-state index contributed by atoms with van der Waals surface area (Å²) in [4.78, 5) is 0. The van der Waals surface area contributed by atoms with Crippen LogP contribution in [0, 0.1) is 5.92 Å². The van der Waals surface area contributed by atoms with Gasteiger partial charge in [-0.3, -0.25) is 0 Å². The maximum absolute atomic E-state index is 12.5. The Morgan fingerprint density at radius 2 is 1.88 bits per heavy atom. The molecule has 3 atom stereocenters. The molecule has 0 amide bonds. The summed E-state index contributed by atoms with van der Waals surface area (Å²) in [6.45, 7) is 0. The molecule has 0 saturated heterocycles. The zero-order valence-electron chi connectivity index (χ0n) is 13.6. The fourth-order valence-electron chi connectivity index (χ4n) is 4.31. The molecule has 2 fully saturated rings. The molecule has 0 radical (unpaired) electrons. The lowest BCUT2D eigenvalue weighted by Gasteiger charge is -2.50. The SMILES string of the molecule is NC1CCCCC1C(O)C1(c2cccc(OC(F)(F)F)c2)CCC1. The fraction of sp³-hybridized carbons (Fsp3) is 0.667. The first-order chi connectivity index (χ1) is 11.3. The minimum absolute atomic E-state index is 0.00578. The van der Waals surface area contributed by atoms with E-state index in [4.69, 9.17) is 5.73 Å². The van der Waals surface area contributed by atoms with E-state index < -0.39 is 17.9 Å². The fourth-order valence-corrected chi connectivity index (χ4v) is 4.31. The van der Waals surface area contributed by atoms with Crippen molar-refractivity contribution < 1.29 is 23.0 Å². The lowest BCUT2D eigenvalue weighted by atomic mass is 9.57. The Kier molecular flexibility index (Phi) is 4.80. The summed E-state index contributed by atoms with van der Waals surface area (Å²) in [5, 5.41) is 11.0. The van der Waals surface area contributed by atoms with Crippen molar-refractivity contribution >= 4 is 0 Å². The third-order valence-corrected chi connectivity index (χ3v) is 5.73. The van der Waals surface area contributed by atoms with Crippen LogP contribution in [-0.4, -0.2) is 23.6 Å². The Morgan fingerprint density at radius 3 is 2.46 bits per heavy atom. The van der Waals surface area contributed by atoms with E-state index in [1.54, 1.807) is 12.1 Å². The molecule has 134 valence electrons. The van der Waals surface area contributed by atoms with Crippen LogP contribution in [0.25, 0.3) is 0 Å². The van der Waals surface area contributed by atoms with E-state index in [2.05, 4.69) is 4.74 Å². The van der Waals surface area contributed by atoms with E-state index in [0.29, 0.717) is 0 Å². The molecule has 3 nitrogen and oxygen atoms in total. The van der Waals surface area contributed by atoms with E-state index in [1.807, 2.05) is 0 Å². The van der Waals surface area contributed by atoms with Crippen LogP contribution in [0.15, 0.2) is 24.3 Å². The summed E-state index contributed by atoms with van der Waals surface area (Å²) < 4.78 is 41.5. The van der Waals surface area contributed by atoms with Gasteiger partial charge in [-0.25, -0.2) is 0 Å². The van der Waals surface area contributed by atoms with Crippen LogP contribution in [0.2, 0.25) is 0 Å². The Morgan fingerprint density at radius 1 is 1.17 bits per heavy atom. The normalized spacial score (nSPS) is 28.0. The molecule has 0 aromatic heterocycles. The first kappa shape index (κ1) is 17.5. The Labute approximate surface area is 140 Å². The molecule has 24 heavy (non-hydrogen) atoms. The predicted octanol–water partition coefficient (Wildman–Crippen LogP) is 3.89. The van der Waals surface area contributed by atoms with Crippen molar-refractivity contribution in [1.82, 2.24) is 0 Å². The van der Waals surface area contributed by atoms with Gasteiger partial charge in [-0.2, -0.15) is 0 Å². The van der Waals surface area contributed by atoms with Gasteiger partial charge < -0.3 is 15.6 Å². The van der Waals surface area contributed by atoms with Crippen LogP contribution < -0.4 is 10.5 Å². The molecule has 2 aliphatic carbocycles. The molecule has 0 heterocycles. The lowest BCUT2D eigenvalue weighted by molar-refractivity contribution is -0.274. The van der Waals surface area contributed by atoms with E-state index in [0.717, 1.165) is 50.5 Å². The number of ether oxygens (including phenoxy) is 1. The van der Waals surface area contributed by atoms with E-state index in [9.17, 15) is 18.3 Å². The van der Waals surface area contributed by atoms with E-state index >= 15 is 0 Å². The number of hydrogen-bond donors (Lipinski definition) is 2. The van der Waals surface area contributed by atoms with Gasteiger partial charge in [-0.05, 0) is 43.4 Å². The zero-order chi connectivity index (χ0) is 17.4. The lowest BCUT2D eigenvalue weighted by Crippen LogP contribution is -2.54. The van der Waals surface area contributed by atoms with Gasteiger partial charge >= 0.3 is 6.36 Å². The van der Waals surface area contributed by atoms with Gasteiger partial charge in [0.2, 0.25) is 0 Å². The molecule has 3 N–H and O–H groups in total. The van der Waals surface area contributed by atoms with Gasteiger partial charge in [0.05, 0.1) is 6.10 Å². The van der Waals surface area contributed by atoms with Crippen molar-refractivity contribution in [3.05, 3.63) is 29.8 Å². The van der Waals surface area contributed by atoms with Gasteiger partial charge in [0.15, 0.2) is 0 Å². The molecule has 1 aromatic carbocycles. The number of alkyl halides is 3. The summed E-state index contributed by atoms with van der Waals surface area (Å²) in [5.41, 5.74) is 6.44. The van der Waals surface area contributed by atoms with Crippen molar-refractivity contribution in [2.45, 2.75) is 68.9 Å². The highest BCUT2D eigenvalue weighted by molar-refractivity contribution is 5.37. The van der Waals surface area contributed by atoms with Crippen LogP contribution in [0.5, 0.6) is 5.75 Å². The summed E-state index contributed by atoms with van der Waals surface area (Å²) in [6.07, 6.45) is 1.06. The molecule has 0 spiro atoms. The maximum atomic E-state index is 12.5. The molecule has 2 aliphatic rings. The second kappa shape index (κ2) is 6.56. The average Bonchev–Trinajstić information content (AvgIpc) is 2.45. The van der Waals surface area contributed by atoms with Gasteiger partial charge in [-0.1, -0.05) is 31.4 Å². The second-order valence-electron chi connectivity index (χ2n) is 7.14. The van der Waals surface area contributed by atoms with Gasteiger partial charge in [0.1, 0.15) is 5.75 Å². The average molecular weight is 343 g/mol. The number of nitrogens with two attached hydrogens (primary N) is 1. The number of aliphatic hydroxyl groups is 1. The maximum Gasteiger partial charge on any atom is 0.573 e. The monoisotopic (exact) mass is 343 g/mol. The zero-order valence-corrected chi connectivity index (χ0v) is 13.6. The summed E-state index contributed by atoms with van der Waals surface area (Å²) in [6, 6.07) is 6.02. The van der Waals surface area contributed by atoms with Crippen LogP contribution >= 0.6 is 0 Å². The Bertz CT molecular complexity index is 572. The van der Waals surface area contributed by atoms with E-state index in [1.165, 1.54) is 12.1 Å². The van der Waals surface area contributed by atoms with Crippen molar-refractivity contribution in [3.63, 3.8) is 0 Å². The molecule has 0 aliphatic heterocycles. The Balaban J connectivity index is 1.86. The molecule has 1 aromatic rings. The number of hydrogen-bond acceptors (Lipinski definition) is 3. The van der Waals surface area contributed by atoms with Crippen molar-refractivity contribution in [2.75, 3.05) is 0 Å². The van der Waals surface area contributed by atoms with E-state index in [-0.39, 0.29) is 17.7 Å². The molecule has 3 rings (SSSR count). The highest BCUT2D eigenvalue weighted by atomic mass is 19.4. The first-order valence-corrected chi connectivity index (χ1v) is 8.62. The van der Waals surface area contributed by atoms with Gasteiger partial charge in [0.25, 0.3) is 0 Å². The van der Waals surface area contributed by atoms with Crippen LogP contribution in [-0.2, 0) is 5.41 Å². The molecule has 3 unspecified atom stereocenters. The molecule has 2 saturated carbocycles. The van der Waals surface area contributed by atoms with Crippen molar-refractivity contribution in [1.29, 1.82) is 0 Å². The van der Waals surface area contributed by atoms with Crippen molar-refractivity contribution in [2.24, 2.45) is 11.7 Å². The summed E-state index contributed by atoms with van der Waals surface area (Å²) in [7, 11) is 0. The van der Waals surface area contributed by atoms with Crippen LogP contribution in [0.1, 0.15) is 50.5 Å². The largest absolute Gasteiger partial charge is 0.573 e. The summed E-state index contributed by atoms with van der Waals surface area (Å²) >= 11 is 0. The molecular formula is C18H24F3NO2. The second-order valence-corrected chi connectivity index (χ2v) is 7.14. The Hall–Kier alpha value is -1.27. The third-order valence-electron chi connectivity index (χ3n) is 5.73. The number of halogens is 3. The molecule has 0 bridgehead atoms. The number of rotatable bonds is 4. The predicted molar refractivity (Wildman–Crippen MR) is 84.6 cm³/mol. The molecular weight excluding hydrogens is 319 g/mol. The van der Waals surface area contributed by atoms with Crippen LogP contribution in [0.3, 0.4) is 0 Å². The van der Waals surface area contributed by atoms with Gasteiger partial charge in [-0.15, -0.1) is 13.2 Å². The number of benzene rings is 1. The molecule has 6 heteroatoms. The minimum Gasteiger partial charge on any atom is -0.406 e. The topological polar surface area (TPSA) is 55.5 Å². The van der Waals surface area contributed by atoms with Crippen molar-refractivity contribution in [3.8, 4) is 5.75 Å². The quantitative estimate of drug-likeness (QED) is 0.872. The highest BCUT2D eigenvalue weighted by Crippen LogP contribution is 2.50. The standard InChI is InChI=1S/C18H24F3NO2/c19-18(20,21)24-13-6-3-5-12(11-13)17(9-4-10-17)16(23)14-7-1-2-8-15(14)22/h3,5-6,11,14-16,23H,1-2,4,7-10,22H2. The summed E-state index contributed by atoms with van der Waals surface area (Å²) in [5.74, 6) is -0.224. The smallest absolute Gasteiger partial charge is 0.406 e. The van der Waals surface area contributed by atoms with Gasteiger partial charge in [0, 0.05) is 17.4 Å². The third kappa shape index (κ3) is 3.40. The minimum atomic E-state index is -4.71. The number of aliphatic hydroxyl groups excluding tert-OH is 1. The highest BCUT2D eigenvalue weighted by Gasteiger charge is 2.49. The first-order valence-electron chi connectivity index (χ1n) is 8.62.